The summed E-state index contributed by atoms with van der Waals surface area (Å²) in [6, 6.07) is 7.48. The SMILES string of the molecule is Cc1cc(NC(=O)C(=O)N2C[C@H](C)CC[C@H]2c2ccc3[nH]cnc3c2)cnc1N. The van der Waals surface area contributed by atoms with Crippen LogP contribution in [0.2, 0.25) is 0 Å². The van der Waals surface area contributed by atoms with Crippen LogP contribution in [0.4, 0.5) is 11.5 Å². The third kappa shape index (κ3) is 3.78. The molecule has 1 fully saturated rings. The largest absolute Gasteiger partial charge is 0.383 e. The second-order valence-electron chi connectivity index (χ2n) is 7.72. The lowest BCUT2D eigenvalue weighted by Gasteiger charge is -2.38. The van der Waals surface area contributed by atoms with Gasteiger partial charge in [-0.25, -0.2) is 9.97 Å². The minimum Gasteiger partial charge on any atom is -0.383 e. The number of rotatable bonds is 2. The Morgan fingerprint density at radius 2 is 2.07 bits per heavy atom. The third-order valence-corrected chi connectivity index (χ3v) is 5.48. The number of aromatic nitrogens is 3. The van der Waals surface area contributed by atoms with Gasteiger partial charge in [0, 0.05) is 6.54 Å². The molecule has 4 N–H and O–H groups in total. The molecule has 29 heavy (non-hydrogen) atoms. The highest BCUT2D eigenvalue weighted by Crippen LogP contribution is 2.34. The maximum Gasteiger partial charge on any atom is 0.313 e. The van der Waals surface area contributed by atoms with Gasteiger partial charge < -0.3 is 20.9 Å². The van der Waals surface area contributed by atoms with Crippen molar-refractivity contribution in [2.24, 2.45) is 5.92 Å². The topological polar surface area (TPSA) is 117 Å². The van der Waals surface area contributed by atoms with Gasteiger partial charge in [0.05, 0.1) is 35.3 Å². The first-order valence-electron chi connectivity index (χ1n) is 9.69. The number of piperidine rings is 1. The Morgan fingerprint density at radius 3 is 2.86 bits per heavy atom. The number of anilines is 2. The molecule has 1 saturated heterocycles. The number of nitrogen functional groups attached to an aromatic ring is 1. The highest BCUT2D eigenvalue weighted by Gasteiger charge is 2.34. The molecule has 0 spiro atoms. The van der Waals surface area contributed by atoms with Crippen LogP contribution in [0, 0.1) is 12.8 Å². The fourth-order valence-corrected chi connectivity index (χ4v) is 3.85. The van der Waals surface area contributed by atoms with Crippen LogP contribution in [0.5, 0.6) is 0 Å². The van der Waals surface area contributed by atoms with Gasteiger partial charge in [-0.15, -0.1) is 0 Å². The van der Waals surface area contributed by atoms with Crippen LogP contribution < -0.4 is 11.1 Å². The Balaban J connectivity index is 1.57. The number of H-pyrrole nitrogens is 1. The fraction of sp³-hybridized carbons (Fsp3) is 0.333. The average Bonchev–Trinajstić information content (AvgIpc) is 3.18. The Labute approximate surface area is 168 Å². The average molecular weight is 392 g/mol. The van der Waals surface area contributed by atoms with E-state index in [1.807, 2.05) is 18.2 Å². The Bertz CT molecular complexity index is 1080. The normalized spacial score (nSPS) is 19.3. The summed E-state index contributed by atoms with van der Waals surface area (Å²) in [6.07, 6.45) is 4.90. The molecule has 2 aromatic heterocycles. The Hall–Kier alpha value is -3.42. The molecule has 8 heteroatoms. The number of aromatic amines is 1. The van der Waals surface area contributed by atoms with Crippen molar-refractivity contribution in [3.05, 3.63) is 47.9 Å². The molecule has 150 valence electrons. The first kappa shape index (κ1) is 18.9. The first-order valence-corrected chi connectivity index (χ1v) is 9.69. The molecule has 1 aliphatic rings. The number of nitrogens with one attached hydrogen (secondary N) is 2. The predicted molar refractivity (Wildman–Crippen MR) is 111 cm³/mol. The molecule has 3 heterocycles. The molecular formula is C21H24N6O2. The maximum absolute atomic E-state index is 13.0. The maximum atomic E-state index is 13.0. The van der Waals surface area contributed by atoms with Crippen LogP contribution in [0.1, 0.15) is 36.9 Å². The zero-order valence-electron chi connectivity index (χ0n) is 16.5. The van der Waals surface area contributed by atoms with Gasteiger partial charge in [-0.1, -0.05) is 13.0 Å². The standard InChI is InChI=1S/C21H24N6O2/c1-12-3-6-18(14-4-5-16-17(8-14)25-11-24-16)27(10-12)21(29)20(28)26-15-7-13(2)19(22)23-9-15/h4-5,7-9,11-12,18H,3,6,10H2,1-2H3,(H2,22,23)(H,24,25)(H,26,28)/t12-,18+/m1/s1. The van der Waals surface area contributed by atoms with Gasteiger partial charge >= 0.3 is 11.8 Å². The van der Waals surface area contributed by atoms with Gasteiger partial charge in [-0.3, -0.25) is 9.59 Å². The van der Waals surface area contributed by atoms with Gasteiger partial charge in [-0.2, -0.15) is 0 Å². The smallest absolute Gasteiger partial charge is 0.313 e. The third-order valence-electron chi connectivity index (χ3n) is 5.48. The quantitative estimate of drug-likeness (QED) is 0.580. The molecule has 0 radical (unpaired) electrons. The summed E-state index contributed by atoms with van der Waals surface area (Å²) in [5.74, 6) is -0.486. The van der Waals surface area contributed by atoms with E-state index >= 15 is 0 Å². The van der Waals surface area contributed by atoms with E-state index in [-0.39, 0.29) is 6.04 Å². The second kappa shape index (κ2) is 7.54. The lowest BCUT2D eigenvalue weighted by Crippen LogP contribution is -2.46. The first-order chi connectivity index (χ1) is 13.9. The number of amides is 2. The molecule has 2 amide bonds. The number of carbonyl (C=O) groups excluding carboxylic acids is 2. The molecule has 4 rings (SSSR count). The van der Waals surface area contributed by atoms with E-state index in [9.17, 15) is 9.59 Å². The van der Waals surface area contributed by atoms with Crippen LogP contribution in [-0.4, -0.2) is 38.2 Å². The molecule has 0 bridgehead atoms. The van der Waals surface area contributed by atoms with Crippen LogP contribution in [0.25, 0.3) is 11.0 Å². The van der Waals surface area contributed by atoms with Gasteiger partial charge in [-0.05, 0) is 55.0 Å². The number of nitrogens with zero attached hydrogens (tertiary/aromatic N) is 3. The summed E-state index contributed by atoms with van der Waals surface area (Å²) in [6.45, 7) is 4.43. The summed E-state index contributed by atoms with van der Waals surface area (Å²) >= 11 is 0. The van der Waals surface area contributed by atoms with Crippen molar-refractivity contribution < 1.29 is 9.59 Å². The molecule has 3 aromatic rings. The van der Waals surface area contributed by atoms with Crippen molar-refractivity contribution in [1.82, 2.24) is 19.9 Å². The van der Waals surface area contributed by atoms with Crippen LogP contribution in [0.3, 0.4) is 0 Å². The molecule has 1 aliphatic heterocycles. The predicted octanol–water partition coefficient (Wildman–Crippen LogP) is 2.79. The highest BCUT2D eigenvalue weighted by molar-refractivity contribution is 6.39. The summed E-state index contributed by atoms with van der Waals surface area (Å²) < 4.78 is 0. The molecule has 0 saturated carbocycles. The van der Waals surface area contributed by atoms with E-state index in [2.05, 4.69) is 27.2 Å². The molecule has 0 aliphatic carbocycles. The van der Waals surface area contributed by atoms with Crippen molar-refractivity contribution in [2.45, 2.75) is 32.7 Å². The number of hydrogen-bond donors (Lipinski definition) is 3. The monoisotopic (exact) mass is 392 g/mol. The van der Waals surface area contributed by atoms with E-state index in [1.165, 1.54) is 6.20 Å². The van der Waals surface area contributed by atoms with E-state index < -0.39 is 11.8 Å². The number of pyridine rings is 1. The van der Waals surface area contributed by atoms with Crippen molar-refractivity contribution in [2.75, 3.05) is 17.6 Å². The number of aryl methyl sites for hydroxylation is 1. The lowest BCUT2D eigenvalue weighted by molar-refractivity contribution is -0.146. The minimum absolute atomic E-state index is 0.156. The number of likely N-dealkylation sites (tertiary alicyclic amines) is 1. The number of fused-ring (bicyclic) bond motifs is 1. The fourth-order valence-electron chi connectivity index (χ4n) is 3.85. The number of carbonyl (C=O) groups is 2. The van der Waals surface area contributed by atoms with Crippen LogP contribution in [-0.2, 0) is 9.59 Å². The molecule has 8 nitrogen and oxygen atoms in total. The van der Waals surface area contributed by atoms with E-state index in [1.54, 1.807) is 24.2 Å². The molecular weight excluding hydrogens is 368 g/mol. The number of hydrogen-bond acceptors (Lipinski definition) is 5. The minimum atomic E-state index is -0.670. The lowest BCUT2D eigenvalue weighted by atomic mass is 9.89. The van der Waals surface area contributed by atoms with Crippen LogP contribution >= 0.6 is 0 Å². The van der Waals surface area contributed by atoms with E-state index in [0.717, 1.165) is 35.0 Å². The molecule has 0 unspecified atom stereocenters. The van der Waals surface area contributed by atoms with Crippen molar-refractivity contribution >= 4 is 34.4 Å². The van der Waals surface area contributed by atoms with E-state index in [4.69, 9.17) is 5.73 Å². The van der Waals surface area contributed by atoms with Crippen LogP contribution in [0.15, 0.2) is 36.8 Å². The zero-order valence-corrected chi connectivity index (χ0v) is 16.5. The van der Waals surface area contributed by atoms with Gasteiger partial charge in [0.1, 0.15) is 5.82 Å². The van der Waals surface area contributed by atoms with Crippen molar-refractivity contribution in [1.29, 1.82) is 0 Å². The van der Waals surface area contributed by atoms with Gasteiger partial charge in [0.25, 0.3) is 0 Å². The summed E-state index contributed by atoms with van der Waals surface area (Å²) in [7, 11) is 0. The zero-order chi connectivity index (χ0) is 20.5. The summed E-state index contributed by atoms with van der Waals surface area (Å²) in [5.41, 5.74) is 9.70. The molecule has 2 atom stereocenters. The summed E-state index contributed by atoms with van der Waals surface area (Å²) in [5, 5.41) is 2.65. The van der Waals surface area contributed by atoms with Crippen molar-refractivity contribution in [3.8, 4) is 0 Å². The van der Waals surface area contributed by atoms with E-state index in [0.29, 0.717) is 24.0 Å². The number of benzene rings is 1. The second-order valence-corrected chi connectivity index (χ2v) is 7.72. The summed E-state index contributed by atoms with van der Waals surface area (Å²) in [4.78, 5) is 38.8. The Kier molecular flexibility index (Phi) is 4.92. The van der Waals surface area contributed by atoms with Gasteiger partial charge in [0.15, 0.2) is 0 Å². The Morgan fingerprint density at radius 1 is 1.24 bits per heavy atom. The molecule has 1 aromatic carbocycles. The number of imidazole rings is 1. The van der Waals surface area contributed by atoms with Crippen molar-refractivity contribution in [3.63, 3.8) is 0 Å². The highest BCUT2D eigenvalue weighted by atomic mass is 16.2. The van der Waals surface area contributed by atoms with Gasteiger partial charge in [0.2, 0.25) is 0 Å². The number of nitrogens with two attached hydrogens (primary N) is 1.